The summed E-state index contributed by atoms with van der Waals surface area (Å²) in [4.78, 5) is 32.2. The highest BCUT2D eigenvalue weighted by Gasteiger charge is 2.69. The van der Waals surface area contributed by atoms with Gasteiger partial charge in [-0.2, -0.15) is 5.26 Å². The van der Waals surface area contributed by atoms with Gasteiger partial charge in [0.15, 0.2) is 0 Å². The van der Waals surface area contributed by atoms with Crippen LogP contribution in [0, 0.1) is 22.7 Å². The normalized spacial score (nSPS) is 25.7. The van der Waals surface area contributed by atoms with Crippen molar-refractivity contribution in [2.24, 2.45) is 11.3 Å². The molecule has 4 fully saturated rings. The van der Waals surface area contributed by atoms with Gasteiger partial charge in [0.25, 0.3) is 5.91 Å². The molecule has 0 aliphatic heterocycles. The molecule has 4 aliphatic rings. The van der Waals surface area contributed by atoms with Gasteiger partial charge in [-0.15, -0.1) is 11.3 Å². The zero-order valence-corrected chi connectivity index (χ0v) is 22.7. The predicted octanol–water partition coefficient (Wildman–Crippen LogP) is 5.22. The Balaban J connectivity index is 1.24. The van der Waals surface area contributed by atoms with E-state index in [0.29, 0.717) is 33.8 Å². The van der Waals surface area contributed by atoms with Gasteiger partial charge in [0, 0.05) is 16.6 Å². The first-order valence-corrected chi connectivity index (χ1v) is 14.0. The standard InChI is InChI=1S/C27H32ClN5O3S/c1-16(31-20-10-18(28)11-30-25(20)36-2)21-7-8-22(37-21)24(35)32-19(9-17-5-3-4-6-17)23(34)33-27-12-26(13-27,14-27)15-29/h7-8,10-11,16-17,19,31H,3-6,9,12-14H2,1-2H3,(H,32,35)(H,33,34)/t16-,19-,26?,27?/m0/s1. The number of hydrogen-bond donors (Lipinski definition) is 3. The molecule has 2 atom stereocenters. The summed E-state index contributed by atoms with van der Waals surface area (Å²) < 4.78 is 5.32. The van der Waals surface area contributed by atoms with Crippen molar-refractivity contribution in [2.75, 3.05) is 12.4 Å². The van der Waals surface area contributed by atoms with Gasteiger partial charge < -0.3 is 20.7 Å². The molecule has 4 saturated carbocycles. The van der Waals surface area contributed by atoms with E-state index in [0.717, 1.165) is 37.0 Å². The zero-order chi connectivity index (χ0) is 26.2. The molecular weight excluding hydrogens is 510 g/mol. The van der Waals surface area contributed by atoms with Crippen molar-refractivity contribution in [1.29, 1.82) is 5.26 Å². The lowest BCUT2D eigenvalue weighted by Crippen LogP contribution is -2.75. The number of nitrogens with one attached hydrogen (secondary N) is 3. The van der Waals surface area contributed by atoms with E-state index in [1.807, 2.05) is 13.0 Å². The average molecular weight is 542 g/mol. The molecule has 2 aromatic heterocycles. The number of carbonyl (C=O) groups is 2. The number of anilines is 1. The highest BCUT2D eigenvalue weighted by atomic mass is 35.5. The molecule has 3 N–H and O–H groups in total. The Morgan fingerprint density at radius 2 is 2.03 bits per heavy atom. The van der Waals surface area contributed by atoms with Crippen LogP contribution in [0.4, 0.5) is 5.69 Å². The van der Waals surface area contributed by atoms with Gasteiger partial charge in [-0.25, -0.2) is 4.98 Å². The SMILES string of the molecule is COc1ncc(Cl)cc1N[C@@H](C)c1ccc(C(=O)N[C@@H](CC2CCCC2)C(=O)NC23CC(C#N)(C2)C3)s1. The number of amides is 2. The van der Waals surface area contributed by atoms with E-state index >= 15 is 0 Å². The lowest BCUT2D eigenvalue weighted by molar-refractivity contribution is -0.146. The van der Waals surface area contributed by atoms with Crippen molar-refractivity contribution in [3.05, 3.63) is 39.2 Å². The third-order valence-corrected chi connectivity index (χ3v) is 9.46. The molecule has 2 amide bonds. The van der Waals surface area contributed by atoms with Crippen molar-refractivity contribution < 1.29 is 14.3 Å². The van der Waals surface area contributed by atoms with Crippen LogP contribution in [0.3, 0.4) is 0 Å². The zero-order valence-electron chi connectivity index (χ0n) is 21.1. The molecule has 4 aliphatic carbocycles. The number of pyridine rings is 1. The van der Waals surface area contributed by atoms with Crippen LogP contribution in [-0.2, 0) is 4.79 Å². The van der Waals surface area contributed by atoms with Crippen LogP contribution in [0.5, 0.6) is 5.88 Å². The van der Waals surface area contributed by atoms with Crippen LogP contribution in [-0.4, -0.2) is 35.5 Å². The van der Waals surface area contributed by atoms with E-state index in [4.69, 9.17) is 16.3 Å². The third kappa shape index (κ3) is 5.27. The van der Waals surface area contributed by atoms with Crippen molar-refractivity contribution in [1.82, 2.24) is 15.6 Å². The van der Waals surface area contributed by atoms with Gasteiger partial charge in [-0.05, 0) is 56.7 Å². The van der Waals surface area contributed by atoms with Crippen LogP contribution >= 0.6 is 22.9 Å². The Kier molecular flexibility index (Phi) is 7.08. The summed E-state index contributed by atoms with van der Waals surface area (Å²) in [5, 5.41) is 19.3. The fourth-order valence-corrected chi connectivity index (χ4v) is 7.20. The summed E-state index contributed by atoms with van der Waals surface area (Å²) in [7, 11) is 1.55. The van der Waals surface area contributed by atoms with Crippen LogP contribution < -0.4 is 20.7 Å². The third-order valence-electron chi connectivity index (χ3n) is 7.98. The Bertz CT molecular complexity index is 1220. The smallest absolute Gasteiger partial charge is 0.262 e. The number of nitrogens with zero attached hydrogens (tertiary/aromatic N) is 2. The summed E-state index contributed by atoms with van der Waals surface area (Å²) in [6, 6.07) is 7.14. The number of aromatic nitrogens is 1. The Labute approximate surface area is 226 Å². The van der Waals surface area contributed by atoms with Crippen LogP contribution in [0.2, 0.25) is 5.02 Å². The highest BCUT2D eigenvalue weighted by molar-refractivity contribution is 7.14. The van der Waals surface area contributed by atoms with E-state index in [9.17, 15) is 14.9 Å². The molecule has 6 rings (SSSR count). The summed E-state index contributed by atoms with van der Waals surface area (Å²) in [5.74, 6) is 0.517. The lowest BCUT2D eigenvalue weighted by atomic mass is 9.40. The van der Waals surface area contributed by atoms with Gasteiger partial charge >= 0.3 is 0 Å². The van der Waals surface area contributed by atoms with Crippen LogP contribution in [0.25, 0.3) is 0 Å². The summed E-state index contributed by atoms with van der Waals surface area (Å²) in [6.45, 7) is 1.99. The molecule has 0 aromatic carbocycles. The Morgan fingerprint density at radius 1 is 1.30 bits per heavy atom. The number of thiophene rings is 1. The minimum atomic E-state index is -0.578. The molecular formula is C27H32ClN5O3S. The Morgan fingerprint density at radius 3 is 2.70 bits per heavy atom. The predicted molar refractivity (Wildman–Crippen MR) is 143 cm³/mol. The lowest BCUT2D eigenvalue weighted by Gasteiger charge is -2.67. The maximum Gasteiger partial charge on any atom is 0.262 e. The maximum atomic E-state index is 13.3. The van der Waals surface area contributed by atoms with Crippen LogP contribution in [0.15, 0.2) is 24.4 Å². The minimum absolute atomic E-state index is 0.116. The van der Waals surface area contributed by atoms with Crippen molar-refractivity contribution in [3.63, 3.8) is 0 Å². The number of ether oxygens (including phenoxy) is 1. The molecule has 0 spiro atoms. The van der Waals surface area contributed by atoms with E-state index in [1.54, 1.807) is 19.2 Å². The molecule has 2 bridgehead atoms. The summed E-state index contributed by atoms with van der Waals surface area (Å²) >= 11 is 7.48. The van der Waals surface area contributed by atoms with Crippen molar-refractivity contribution in [3.8, 4) is 11.9 Å². The molecule has 2 heterocycles. The molecule has 8 nitrogen and oxygen atoms in total. The van der Waals surface area contributed by atoms with Gasteiger partial charge in [0.05, 0.1) is 40.2 Å². The first-order valence-electron chi connectivity index (χ1n) is 12.8. The molecule has 37 heavy (non-hydrogen) atoms. The highest BCUT2D eigenvalue weighted by Crippen LogP contribution is 2.66. The second kappa shape index (κ2) is 10.1. The number of rotatable bonds is 10. The van der Waals surface area contributed by atoms with E-state index < -0.39 is 6.04 Å². The molecule has 2 aromatic rings. The quantitative estimate of drug-likeness (QED) is 0.380. The number of methoxy groups -OCH3 is 1. The Hall–Kier alpha value is -2.83. The molecule has 10 heteroatoms. The topological polar surface area (TPSA) is 116 Å². The minimum Gasteiger partial charge on any atom is -0.480 e. The van der Waals surface area contributed by atoms with Crippen molar-refractivity contribution >= 4 is 40.4 Å². The fourth-order valence-electron chi connectivity index (χ4n) is 6.13. The van der Waals surface area contributed by atoms with E-state index in [-0.39, 0.29) is 28.8 Å². The summed E-state index contributed by atoms with van der Waals surface area (Å²) in [5.41, 5.74) is 0.182. The number of hydrogen-bond acceptors (Lipinski definition) is 7. The van der Waals surface area contributed by atoms with Gasteiger partial charge in [0.1, 0.15) is 6.04 Å². The van der Waals surface area contributed by atoms with Gasteiger partial charge in [0.2, 0.25) is 11.8 Å². The number of nitriles is 1. The largest absolute Gasteiger partial charge is 0.480 e. The van der Waals surface area contributed by atoms with E-state index in [2.05, 4.69) is 27.0 Å². The van der Waals surface area contributed by atoms with E-state index in [1.165, 1.54) is 30.4 Å². The van der Waals surface area contributed by atoms with Crippen molar-refractivity contribution in [2.45, 2.75) is 75.9 Å². The van der Waals surface area contributed by atoms with Gasteiger partial charge in [-0.3, -0.25) is 9.59 Å². The molecule has 0 unspecified atom stereocenters. The molecule has 0 saturated heterocycles. The van der Waals surface area contributed by atoms with Gasteiger partial charge in [-0.1, -0.05) is 37.3 Å². The summed E-state index contributed by atoms with van der Waals surface area (Å²) in [6.07, 6.45) is 8.87. The number of carbonyl (C=O) groups excluding carboxylic acids is 2. The van der Waals surface area contributed by atoms with Crippen LogP contribution in [0.1, 0.15) is 78.9 Å². The molecule has 196 valence electrons. The molecule has 0 radical (unpaired) electrons. The first kappa shape index (κ1) is 25.8. The second-order valence-electron chi connectivity index (χ2n) is 10.9. The average Bonchev–Trinajstić information content (AvgIpc) is 3.52. The second-order valence-corrected chi connectivity index (χ2v) is 12.4. The fraction of sp³-hybridized carbons (Fsp3) is 0.556. The maximum absolute atomic E-state index is 13.3. The number of halogens is 1. The monoisotopic (exact) mass is 541 g/mol. The first-order chi connectivity index (χ1) is 17.7.